The molecule has 0 aromatic heterocycles. The molecule has 0 aliphatic heterocycles. The van der Waals surface area contributed by atoms with Gasteiger partial charge >= 0.3 is 0 Å². The maximum Gasteiger partial charge on any atom is 0.0801 e. The fourth-order valence-electron chi connectivity index (χ4n) is 2.11. The monoisotopic (exact) mass is 162 g/mol. The van der Waals surface area contributed by atoms with Crippen LogP contribution in [0.2, 0.25) is 0 Å². The first-order valence-electron chi connectivity index (χ1n) is 4.39. The van der Waals surface area contributed by atoms with Crippen LogP contribution in [0.5, 0.6) is 0 Å². The number of hydrogen-bond acceptors (Lipinski definition) is 1. The summed E-state index contributed by atoms with van der Waals surface area (Å²) in [4.78, 5) is 0. The van der Waals surface area contributed by atoms with Crippen molar-refractivity contribution in [2.75, 3.05) is 0 Å². The number of hydrogen-bond donors (Lipinski definition) is 1. The standard InChI is InChI=1S/C11H14O/c1-11(2)7-10(12)8-5-3-4-6-9(8)11/h3-6,10,12H,7H2,1-2H3/t10-/m0/s1. The smallest absolute Gasteiger partial charge is 0.0801 e. The van der Waals surface area contributed by atoms with E-state index >= 15 is 0 Å². The molecule has 0 heterocycles. The van der Waals surface area contributed by atoms with Crippen LogP contribution in [0.25, 0.3) is 0 Å². The molecule has 2 rings (SSSR count). The number of benzene rings is 1. The zero-order chi connectivity index (χ0) is 8.77. The Labute approximate surface area is 73.0 Å². The van der Waals surface area contributed by atoms with Crippen LogP contribution in [0.1, 0.15) is 37.5 Å². The second-order valence-electron chi connectivity index (χ2n) is 4.19. The molecule has 1 heteroatoms. The Balaban J connectivity index is 2.58. The van der Waals surface area contributed by atoms with E-state index in [-0.39, 0.29) is 11.5 Å². The zero-order valence-corrected chi connectivity index (χ0v) is 7.54. The molecule has 1 atom stereocenters. The molecule has 0 saturated heterocycles. The van der Waals surface area contributed by atoms with Crippen LogP contribution >= 0.6 is 0 Å². The van der Waals surface area contributed by atoms with Crippen molar-refractivity contribution in [2.24, 2.45) is 0 Å². The van der Waals surface area contributed by atoms with Crippen molar-refractivity contribution < 1.29 is 5.11 Å². The zero-order valence-electron chi connectivity index (χ0n) is 7.54. The van der Waals surface area contributed by atoms with Crippen LogP contribution in [0.3, 0.4) is 0 Å². The topological polar surface area (TPSA) is 20.2 Å². The van der Waals surface area contributed by atoms with E-state index < -0.39 is 0 Å². The Bertz CT molecular complexity index is 302. The van der Waals surface area contributed by atoms with Crippen molar-refractivity contribution >= 4 is 0 Å². The summed E-state index contributed by atoms with van der Waals surface area (Å²) in [6, 6.07) is 8.17. The van der Waals surface area contributed by atoms with Crippen LogP contribution in [0, 0.1) is 0 Å². The van der Waals surface area contributed by atoms with E-state index in [0.717, 1.165) is 12.0 Å². The van der Waals surface area contributed by atoms with Crippen LogP contribution in [-0.4, -0.2) is 5.11 Å². The van der Waals surface area contributed by atoms with Crippen LogP contribution in [0.15, 0.2) is 24.3 Å². The normalized spacial score (nSPS) is 25.4. The van der Waals surface area contributed by atoms with Gasteiger partial charge in [-0.3, -0.25) is 0 Å². The van der Waals surface area contributed by atoms with Gasteiger partial charge in [0.05, 0.1) is 6.10 Å². The van der Waals surface area contributed by atoms with Gasteiger partial charge in [0.1, 0.15) is 0 Å². The lowest BCUT2D eigenvalue weighted by Crippen LogP contribution is -2.11. The van der Waals surface area contributed by atoms with Crippen molar-refractivity contribution in [1.29, 1.82) is 0 Å². The average Bonchev–Trinajstić information content (AvgIpc) is 2.25. The summed E-state index contributed by atoms with van der Waals surface area (Å²) in [5.41, 5.74) is 2.57. The number of rotatable bonds is 0. The molecular weight excluding hydrogens is 148 g/mol. The number of fused-ring (bicyclic) bond motifs is 1. The quantitative estimate of drug-likeness (QED) is 0.621. The van der Waals surface area contributed by atoms with E-state index in [1.165, 1.54) is 5.56 Å². The van der Waals surface area contributed by atoms with Gasteiger partial charge in [-0.25, -0.2) is 0 Å². The van der Waals surface area contributed by atoms with Gasteiger partial charge in [0.15, 0.2) is 0 Å². The Morgan fingerprint density at radius 3 is 2.67 bits per heavy atom. The molecule has 0 bridgehead atoms. The fourth-order valence-corrected chi connectivity index (χ4v) is 2.11. The largest absolute Gasteiger partial charge is 0.388 e. The number of aliphatic hydroxyl groups excluding tert-OH is 1. The summed E-state index contributed by atoms with van der Waals surface area (Å²) in [5.74, 6) is 0. The highest BCUT2D eigenvalue weighted by atomic mass is 16.3. The second kappa shape index (κ2) is 2.33. The Morgan fingerprint density at radius 2 is 2.00 bits per heavy atom. The predicted molar refractivity (Wildman–Crippen MR) is 49.0 cm³/mol. The van der Waals surface area contributed by atoms with Crippen molar-refractivity contribution in [1.82, 2.24) is 0 Å². The first kappa shape index (κ1) is 7.81. The molecule has 1 aromatic carbocycles. The summed E-state index contributed by atoms with van der Waals surface area (Å²) >= 11 is 0. The van der Waals surface area contributed by atoms with Crippen LogP contribution < -0.4 is 0 Å². The van der Waals surface area contributed by atoms with Gasteiger partial charge < -0.3 is 5.11 Å². The Hall–Kier alpha value is -0.820. The summed E-state index contributed by atoms with van der Waals surface area (Å²) in [7, 11) is 0. The molecule has 64 valence electrons. The van der Waals surface area contributed by atoms with Gasteiger partial charge in [0.25, 0.3) is 0 Å². The lowest BCUT2D eigenvalue weighted by Gasteiger charge is -2.17. The summed E-state index contributed by atoms with van der Waals surface area (Å²) in [6.07, 6.45) is 0.600. The van der Waals surface area contributed by atoms with E-state index in [1.807, 2.05) is 18.2 Å². The second-order valence-corrected chi connectivity index (χ2v) is 4.19. The van der Waals surface area contributed by atoms with Gasteiger partial charge in [0.2, 0.25) is 0 Å². The highest BCUT2D eigenvalue weighted by molar-refractivity contribution is 5.39. The molecule has 0 fully saturated rings. The maximum absolute atomic E-state index is 9.72. The van der Waals surface area contributed by atoms with Gasteiger partial charge in [0, 0.05) is 0 Å². The van der Waals surface area contributed by atoms with E-state index in [4.69, 9.17) is 0 Å². The predicted octanol–water partition coefficient (Wildman–Crippen LogP) is 2.40. The van der Waals surface area contributed by atoms with Gasteiger partial charge in [-0.1, -0.05) is 38.1 Å². The van der Waals surface area contributed by atoms with E-state index in [1.54, 1.807) is 0 Å². The van der Waals surface area contributed by atoms with Crippen LogP contribution in [0.4, 0.5) is 0 Å². The molecule has 1 N–H and O–H groups in total. The molecule has 1 nitrogen and oxygen atoms in total. The lowest BCUT2D eigenvalue weighted by molar-refractivity contribution is 0.161. The number of aliphatic hydroxyl groups is 1. The average molecular weight is 162 g/mol. The fraction of sp³-hybridized carbons (Fsp3) is 0.455. The SMILES string of the molecule is CC1(C)C[C@H](O)c2ccccc21. The molecule has 1 aliphatic rings. The molecule has 0 amide bonds. The molecule has 0 unspecified atom stereocenters. The molecular formula is C11H14O. The first-order chi connectivity index (χ1) is 5.61. The summed E-state index contributed by atoms with van der Waals surface area (Å²) in [5, 5.41) is 9.72. The maximum atomic E-state index is 9.72. The molecule has 0 radical (unpaired) electrons. The Kier molecular flexibility index (Phi) is 1.52. The van der Waals surface area contributed by atoms with Crippen molar-refractivity contribution in [3.05, 3.63) is 35.4 Å². The minimum Gasteiger partial charge on any atom is -0.388 e. The van der Waals surface area contributed by atoms with Crippen molar-refractivity contribution in [3.63, 3.8) is 0 Å². The van der Waals surface area contributed by atoms with Gasteiger partial charge in [-0.15, -0.1) is 0 Å². The van der Waals surface area contributed by atoms with E-state index in [2.05, 4.69) is 19.9 Å². The molecule has 1 aliphatic carbocycles. The van der Waals surface area contributed by atoms with Gasteiger partial charge in [-0.2, -0.15) is 0 Å². The van der Waals surface area contributed by atoms with Gasteiger partial charge in [-0.05, 0) is 23.0 Å². The Morgan fingerprint density at radius 1 is 1.33 bits per heavy atom. The minimum absolute atomic E-state index is 0.149. The third-order valence-corrected chi connectivity index (χ3v) is 2.75. The third-order valence-electron chi connectivity index (χ3n) is 2.75. The van der Waals surface area contributed by atoms with Crippen molar-refractivity contribution in [2.45, 2.75) is 31.8 Å². The highest BCUT2D eigenvalue weighted by Gasteiger charge is 2.34. The van der Waals surface area contributed by atoms with Crippen LogP contribution in [-0.2, 0) is 5.41 Å². The minimum atomic E-state index is -0.254. The van der Waals surface area contributed by atoms with Crippen molar-refractivity contribution in [3.8, 4) is 0 Å². The first-order valence-corrected chi connectivity index (χ1v) is 4.39. The van der Waals surface area contributed by atoms with E-state index in [0.29, 0.717) is 0 Å². The van der Waals surface area contributed by atoms with E-state index in [9.17, 15) is 5.11 Å². The molecule has 1 aromatic rings. The lowest BCUT2D eigenvalue weighted by atomic mass is 9.87. The summed E-state index contributed by atoms with van der Waals surface area (Å²) in [6.45, 7) is 4.37. The molecule has 0 spiro atoms. The summed E-state index contributed by atoms with van der Waals surface area (Å²) < 4.78 is 0. The molecule has 0 saturated carbocycles. The molecule has 12 heavy (non-hydrogen) atoms. The highest BCUT2D eigenvalue weighted by Crippen LogP contribution is 2.43. The third kappa shape index (κ3) is 0.969.